The Morgan fingerprint density at radius 3 is 2.58 bits per heavy atom. The summed E-state index contributed by atoms with van der Waals surface area (Å²) in [5, 5.41) is 7.03. The highest BCUT2D eigenvalue weighted by Gasteiger charge is 2.06. The fourth-order valence-electron chi connectivity index (χ4n) is 2.25. The Labute approximate surface area is 144 Å². The van der Waals surface area contributed by atoms with Crippen molar-refractivity contribution in [1.29, 1.82) is 0 Å². The Hall–Kier alpha value is -2.53. The average molecular weight is 339 g/mol. The molecule has 0 aliphatic rings. The minimum atomic E-state index is -0.203. The smallest absolute Gasteiger partial charge is 0.203 e. The lowest BCUT2D eigenvalue weighted by atomic mass is 10.1. The van der Waals surface area contributed by atoms with E-state index in [-0.39, 0.29) is 5.82 Å². The Morgan fingerprint density at radius 2 is 1.88 bits per heavy atom. The third-order valence-corrected chi connectivity index (χ3v) is 4.49. The molecule has 3 nitrogen and oxygen atoms in total. The molecule has 0 saturated carbocycles. The Balaban J connectivity index is 1.75. The average Bonchev–Trinajstić information content (AvgIpc) is 3.05. The second kappa shape index (κ2) is 6.93. The van der Waals surface area contributed by atoms with Gasteiger partial charge in [0.2, 0.25) is 5.13 Å². The van der Waals surface area contributed by atoms with Gasteiger partial charge in [-0.3, -0.25) is 5.43 Å². The van der Waals surface area contributed by atoms with E-state index in [0.717, 1.165) is 22.5 Å². The van der Waals surface area contributed by atoms with Crippen LogP contribution in [0.25, 0.3) is 11.3 Å². The molecular formula is C19H18FN3S. The molecule has 0 aliphatic heterocycles. The number of anilines is 1. The first-order valence-electron chi connectivity index (χ1n) is 7.62. The van der Waals surface area contributed by atoms with Crippen LogP contribution in [-0.4, -0.2) is 10.7 Å². The van der Waals surface area contributed by atoms with Crippen molar-refractivity contribution in [2.24, 2.45) is 5.10 Å². The van der Waals surface area contributed by atoms with Crippen LogP contribution in [0.1, 0.15) is 23.6 Å². The molecular weight excluding hydrogens is 321 g/mol. The lowest BCUT2D eigenvalue weighted by molar-refractivity contribution is 0.619. The summed E-state index contributed by atoms with van der Waals surface area (Å²) in [7, 11) is 0. The topological polar surface area (TPSA) is 37.3 Å². The number of thiazole rings is 1. The molecule has 3 aromatic rings. The first-order chi connectivity index (χ1) is 11.5. The van der Waals surface area contributed by atoms with Crippen LogP contribution in [0.2, 0.25) is 0 Å². The lowest BCUT2D eigenvalue weighted by Gasteiger charge is -2.02. The number of benzene rings is 2. The maximum atomic E-state index is 13.4. The third kappa shape index (κ3) is 3.68. The summed E-state index contributed by atoms with van der Waals surface area (Å²) in [5.41, 5.74) is 8.51. The lowest BCUT2D eigenvalue weighted by Crippen LogP contribution is -1.99. The van der Waals surface area contributed by atoms with Gasteiger partial charge in [0.1, 0.15) is 5.82 Å². The second-order valence-corrected chi connectivity index (χ2v) is 6.54. The standard InChI is InChI=1S/C19H18FN3S/c1-12-4-6-15(7-5-12)14(3)22-23-19-21-18(11-24-19)16-8-9-17(20)13(2)10-16/h4-11H,1-3H3,(H,21,23). The van der Waals surface area contributed by atoms with Gasteiger partial charge in [-0.05, 0) is 50.1 Å². The quantitative estimate of drug-likeness (QED) is 0.510. The summed E-state index contributed by atoms with van der Waals surface area (Å²) < 4.78 is 13.4. The zero-order chi connectivity index (χ0) is 17.1. The third-order valence-electron chi connectivity index (χ3n) is 3.75. The van der Waals surface area contributed by atoms with Gasteiger partial charge < -0.3 is 0 Å². The summed E-state index contributed by atoms with van der Waals surface area (Å²) in [6.45, 7) is 5.76. The molecule has 1 N–H and O–H groups in total. The van der Waals surface area contributed by atoms with Gasteiger partial charge in [-0.1, -0.05) is 29.8 Å². The number of nitrogens with zero attached hydrogens (tertiary/aromatic N) is 2. The van der Waals surface area contributed by atoms with Gasteiger partial charge in [-0.2, -0.15) is 5.10 Å². The first-order valence-corrected chi connectivity index (χ1v) is 8.50. The van der Waals surface area contributed by atoms with E-state index in [1.807, 2.05) is 24.4 Å². The minimum absolute atomic E-state index is 0.203. The van der Waals surface area contributed by atoms with Crippen molar-refractivity contribution in [3.05, 3.63) is 70.4 Å². The molecule has 2 aromatic carbocycles. The van der Waals surface area contributed by atoms with Crippen LogP contribution < -0.4 is 5.43 Å². The predicted molar refractivity (Wildman–Crippen MR) is 99.3 cm³/mol. The molecule has 122 valence electrons. The van der Waals surface area contributed by atoms with Crippen LogP contribution in [0, 0.1) is 19.7 Å². The highest BCUT2D eigenvalue weighted by molar-refractivity contribution is 7.14. The number of hydrogen-bond acceptors (Lipinski definition) is 4. The summed E-state index contributed by atoms with van der Waals surface area (Å²) in [5.74, 6) is -0.203. The largest absolute Gasteiger partial charge is 0.252 e. The van der Waals surface area contributed by atoms with Crippen LogP contribution in [0.4, 0.5) is 9.52 Å². The van der Waals surface area contributed by atoms with E-state index < -0.39 is 0 Å². The fourth-order valence-corrected chi connectivity index (χ4v) is 2.91. The Kier molecular flexibility index (Phi) is 4.71. The van der Waals surface area contributed by atoms with Crippen LogP contribution in [0.15, 0.2) is 52.9 Å². The van der Waals surface area contributed by atoms with E-state index in [1.165, 1.54) is 23.0 Å². The van der Waals surface area contributed by atoms with Crippen LogP contribution in [0.3, 0.4) is 0 Å². The zero-order valence-electron chi connectivity index (χ0n) is 13.8. The molecule has 3 rings (SSSR count). The van der Waals surface area contributed by atoms with Gasteiger partial charge in [0.05, 0.1) is 11.4 Å². The van der Waals surface area contributed by atoms with Crippen molar-refractivity contribution in [1.82, 2.24) is 4.98 Å². The van der Waals surface area contributed by atoms with E-state index in [9.17, 15) is 4.39 Å². The predicted octanol–water partition coefficient (Wildman–Crippen LogP) is 5.40. The zero-order valence-corrected chi connectivity index (χ0v) is 14.6. The molecule has 1 aromatic heterocycles. The first kappa shape index (κ1) is 16.3. The van der Waals surface area contributed by atoms with Crippen LogP contribution >= 0.6 is 11.3 Å². The molecule has 0 unspecified atom stereocenters. The van der Waals surface area contributed by atoms with Gasteiger partial charge in [0.15, 0.2) is 0 Å². The number of hydrazone groups is 1. The van der Waals surface area contributed by atoms with E-state index in [1.54, 1.807) is 19.1 Å². The molecule has 0 spiro atoms. The molecule has 0 amide bonds. The van der Waals surface area contributed by atoms with Crippen molar-refractivity contribution >= 4 is 22.2 Å². The van der Waals surface area contributed by atoms with Gasteiger partial charge in [0, 0.05) is 10.9 Å². The summed E-state index contributed by atoms with van der Waals surface area (Å²) >= 11 is 1.47. The molecule has 0 atom stereocenters. The molecule has 0 bridgehead atoms. The Morgan fingerprint density at radius 1 is 1.12 bits per heavy atom. The summed E-state index contributed by atoms with van der Waals surface area (Å²) in [4.78, 5) is 4.51. The van der Waals surface area contributed by atoms with E-state index >= 15 is 0 Å². The normalized spacial score (nSPS) is 11.6. The molecule has 0 aliphatic carbocycles. The maximum absolute atomic E-state index is 13.4. The number of aromatic nitrogens is 1. The molecule has 1 heterocycles. The van der Waals surface area contributed by atoms with Crippen molar-refractivity contribution in [2.75, 3.05) is 5.43 Å². The fraction of sp³-hybridized carbons (Fsp3) is 0.158. The summed E-state index contributed by atoms with van der Waals surface area (Å²) in [6.07, 6.45) is 0. The number of aryl methyl sites for hydroxylation is 2. The van der Waals surface area contributed by atoms with E-state index in [4.69, 9.17) is 0 Å². The summed E-state index contributed by atoms with van der Waals surface area (Å²) in [6, 6.07) is 13.2. The van der Waals surface area contributed by atoms with Crippen molar-refractivity contribution in [2.45, 2.75) is 20.8 Å². The highest BCUT2D eigenvalue weighted by Crippen LogP contribution is 2.26. The number of rotatable bonds is 4. The van der Waals surface area contributed by atoms with Gasteiger partial charge in [-0.15, -0.1) is 11.3 Å². The van der Waals surface area contributed by atoms with Crippen LogP contribution in [-0.2, 0) is 0 Å². The SMILES string of the molecule is CC(=NNc1nc(-c2ccc(F)c(C)c2)cs1)c1ccc(C)cc1. The highest BCUT2D eigenvalue weighted by atomic mass is 32.1. The van der Waals surface area contributed by atoms with E-state index in [2.05, 4.69) is 34.6 Å². The molecule has 0 saturated heterocycles. The Bertz CT molecular complexity index is 882. The van der Waals surface area contributed by atoms with E-state index in [0.29, 0.717) is 10.7 Å². The van der Waals surface area contributed by atoms with Crippen LogP contribution in [0.5, 0.6) is 0 Å². The maximum Gasteiger partial charge on any atom is 0.203 e. The van der Waals surface area contributed by atoms with Gasteiger partial charge in [-0.25, -0.2) is 9.37 Å². The molecule has 5 heteroatoms. The molecule has 0 fully saturated rings. The van der Waals surface area contributed by atoms with Crippen molar-refractivity contribution < 1.29 is 4.39 Å². The number of halogens is 1. The van der Waals surface area contributed by atoms with Crippen molar-refractivity contribution in [3.8, 4) is 11.3 Å². The molecule has 24 heavy (non-hydrogen) atoms. The minimum Gasteiger partial charge on any atom is -0.252 e. The van der Waals surface area contributed by atoms with Crippen molar-refractivity contribution in [3.63, 3.8) is 0 Å². The van der Waals surface area contributed by atoms with Gasteiger partial charge in [0.25, 0.3) is 0 Å². The molecule has 0 radical (unpaired) electrons. The monoisotopic (exact) mass is 339 g/mol. The second-order valence-electron chi connectivity index (χ2n) is 5.68. The number of hydrogen-bond donors (Lipinski definition) is 1. The van der Waals surface area contributed by atoms with Gasteiger partial charge >= 0.3 is 0 Å². The number of nitrogens with one attached hydrogen (secondary N) is 1.